The number of fused-ring (bicyclic) bond motifs is 5. The van der Waals surface area contributed by atoms with E-state index in [2.05, 4.69) is 19.9 Å². The molecule has 3 fully saturated rings. The molecule has 4 aromatic heterocycles. The van der Waals surface area contributed by atoms with E-state index in [1.807, 2.05) is 0 Å². The number of carbonyl (C=O) groups excluding carboxylic acids is 1. The highest BCUT2D eigenvalue weighted by atomic mass is 32.5. The van der Waals surface area contributed by atoms with Crippen LogP contribution in [0.15, 0.2) is 43.4 Å². The summed E-state index contributed by atoms with van der Waals surface area (Å²) in [4.78, 5) is 39.5. The van der Waals surface area contributed by atoms with E-state index < -0.39 is 45.5 Å². The molecule has 0 radical (unpaired) electrons. The molecule has 0 bridgehead atoms. The molecule has 43 heavy (non-hydrogen) atoms. The molecule has 1 amide bonds. The number of nitrogens with two attached hydrogens (primary N) is 1. The summed E-state index contributed by atoms with van der Waals surface area (Å²) in [7, 11) is -2.63. The topological polar surface area (TPSA) is 187 Å². The van der Waals surface area contributed by atoms with Gasteiger partial charge in [0.15, 0.2) is 29.2 Å². The fraction of sp³-hybridized carbons (Fsp3) is 0.458. The standard InChI is InChI=1S/C24H24FN7O8P2S/c25-18-20-17(39-24(18)32-11-29-19-22-28-3-4-31(22)10-30-23(19)32)9-37-41(34)36-8-15-13(7-38-42(35,43)40-20)5-14(15)12-1-2-27-16(6-12)21(26)33/h1-4,6,10-11,13-15,17-18,20,24H,5,7-9H2,(H2-,26,33,35,43)/p+1/t13-,14+,15-,17-,18-,20-,24-,42?/m1/s1. The molecule has 0 aromatic carbocycles. The lowest BCUT2D eigenvalue weighted by Crippen LogP contribution is -2.40. The van der Waals surface area contributed by atoms with Crippen molar-refractivity contribution >= 4 is 49.5 Å². The Morgan fingerprint density at radius 3 is 2.81 bits per heavy atom. The van der Waals surface area contributed by atoms with Gasteiger partial charge in [0, 0.05) is 23.2 Å². The number of carbonyl (C=O) groups is 1. The minimum atomic E-state index is -3.97. The quantitative estimate of drug-likeness (QED) is 0.308. The first kappa shape index (κ1) is 28.9. The summed E-state index contributed by atoms with van der Waals surface area (Å²) in [5, 5.41) is 0. The number of pyridine rings is 1. The van der Waals surface area contributed by atoms with Crippen molar-refractivity contribution in [1.29, 1.82) is 0 Å². The Labute approximate surface area is 248 Å². The van der Waals surface area contributed by atoms with E-state index in [4.69, 9.17) is 40.4 Å². The van der Waals surface area contributed by atoms with Crippen molar-refractivity contribution in [1.82, 2.24) is 28.9 Å². The smallest absolute Gasteiger partial charge is 0.364 e. The number of alkyl halides is 1. The average Bonchev–Trinajstić information content (AvgIpc) is 3.68. The van der Waals surface area contributed by atoms with E-state index in [-0.39, 0.29) is 43.3 Å². The van der Waals surface area contributed by atoms with Gasteiger partial charge in [0.1, 0.15) is 37.4 Å². The number of primary amides is 1. The molecule has 19 heteroatoms. The van der Waals surface area contributed by atoms with Crippen LogP contribution in [0.5, 0.6) is 0 Å². The van der Waals surface area contributed by atoms with Crippen LogP contribution in [-0.2, 0) is 39.2 Å². The molecule has 3 N–H and O–H groups in total. The average molecular weight is 653 g/mol. The van der Waals surface area contributed by atoms with E-state index in [0.29, 0.717) is 23.2 Å². The predicted molar refractivity (Wildman–Crippen MR) is 149 cm³/mol. The molecule has 226 valence electrons. The molecule has 2 aliphatic heterocycles. The number of hydrogen-bond acceptors (Lipinski definition) is 12. The zero-order chi connectivity index (χ0) is 29.9. The Balaban J connectivity index is 1.11. The highest BCUT2D eigenvalue weighted by Gasteiger charge is 2.52. The van der Waals surface area contributed by atoms with E-state index in [9.17, 15) is 14.3 Å². The zero-order valence-electron chi connectivity index (χ0n) is 22.2. The third-order valence-corrected chi connectivity index (χ3v) is 10.3. The fourth-order valence-corrected chi connectivity index (χ4v) is 7.97. The van der Waals surface area contributed by atoms with Crippen LogP contribution in [-0.4, -0.2) is 77.9 Å². The number of halogens is 1. The molecule has 15 nitrogen and oxygen atoms in total. The van der Waals surface area contributed by atoms with Crippen molar-refractivity contribution in [2.45, 2.75) is 36.9 Å². The van der Waals surface area contributed by atoms with Crippen LogP contribution in [0.1, 0.15) is 34.6 Å². The lowest BCUT2D eigenvalue weighted by molar-refractivity contribution is -0.0409. The summed E-state index contributed by atoms with van der Waals surface area (Å²) in [5.74, 6) is -1.15. The van der Waals surface area contributed by atoms with Gasteiger partial charge in [0.05, 0.1) is 12.9 Å². The van der Waals surface area contributed by atoms with Crippen molar-refractivity contribution in [2.75, 3.05) is 19.8 Å². The van der Waals surface area contributed by atoms with Gasteiger partial charge in [-0.25, -0.2) is 19.3 Å². The van der Waals surface area contributed by atoms with Crippen molar-refractivity contribution in [3.63, 3.8) is 0 Å². The number of hydrogen-bond donors (Lipinski definition) is 2. The summed E-state index contributed by atoms with van der Waals surface area (Å²) in [6.07, 6.45) is 2.56. The van der Waals surface area contributed by atoms with Crippen LogP contribution < -0.4 is 5.73 Å². The highest BCUT2D eigenvalue weighted by molar-refractivity contribution is 8.07. The number of nitrogens with zero attached hydrogens (tertiary/aromatic N) is 6. The second-order valence-corrected chi connectivity index (χ2v) is 14.2. The maximum absolute atomic E-state index is 16.1. The van der Waals surface area contributed by atoms with Crippen LogP contribution in [0.3, 0.4) is 0 Å². The molecule has 1 aliphatic carbocycles. The molecule has 1 saturated carbocycles. The second-order valence-electron chi connectivity index (χ2n) is 10.5. The molecular formula is C24H25FN7O8P2S+. The summed E-state index contributed by atoms with van der Waals surface area (Å²) < 4.78 is 60.2. The molecule has 6 heterocycles. The van der Waals surface area contributed by atoms with Gasteiger partial charge < -0.3 is 19.9 Å². The summed E-state index contributed by atoms with van der Waals surface area (Å²) in [5.41, 5.74) is 7.58. The SMILES string of the molecule is NC(=O)c1cc([C@@H]2C[C@@H]3COP(O)(=S)O[C@H]4[C@@H](F)[C@H](n5cnc6c5ncn5ccnc65)O[C@@H]4CO[P+](=O)OC[C@H]32)ccn1. The normalized spacial score (nSPS) is 34.5. The maximum Gasteiger partial charge on any atom is 0.697 e. The van der Waals surface area contributed by atoms with Gasteiger partial charge in [-0.3, -0.25) is 23.3 Å². The summed E-state index contributed by atoms with van der Waals surface area (Å²) >= 11 is 5.27. The molecule has 3 aliphatic rings. The number of imidazole rings is 2. The largest absolute Gasteiger partial charge is 0.697 e. The molecule has 2 unspecified atom stereocenters. The Hall–Kier alpha value is -2.85. The summed E-state index contributed by atoms with van der Waals surface area (Å²) in [6, 6.07) is 3.37. The van der Waals surface area contributed by atoms with Gasteiger partial charge in [0.2, 0.25) is 0 Å². The van der Waals surface area contributed by atoms with E-state index >= 15 is 4.39 Å². The van der Waals surface area contributed by atoms with Crippen molar-refractivity contribution in [2.24, 2.45) is 17.6 Å². The van der Waals surface area contributed by atoms with E-state index in [1.165, 1.54) is 23.4 Å². The third kappa shape index (κ3) is 5.39. The zero-order valence-corrected chi connectivity index (χ0v) is 24.8. The van der Waals surface area contributed by atoms with Gasteiger partial charge >= 0.3 is 15.0 Å². The van der Waals surface area contributed by atoms with Crippen LogP contribution in [0.2, 0.25) is 0 Å². The minimum Gasteiger partial charge on any atom is -0.364 e. The number of ether oxygens (including phenoxy) is 1. The van der Waals surface area contributed by atoms with Gasteiger partial charge in [0.25, 0.3) is 5.91 Å². The lowest BCUT2D eigenvalue weighted by atomic mass is 9.63. The van der Waals surface area contributed by atoms with E-state index in [1.54, 1.807) is 28.9 Å². The lowest BCUT2D eigenvalue weighted by Gasteiger charge is -2.44. The Kier molecular flexibility index (Phi) is 7.56. The Bertz CT molecular complexity index is 1780. The first-order valence-corrected chi connectivity index (χ1v) is 17.0. The number of aromatic nitrogens is 6. The van der Waals surface area contributed by atoms with Crippen LogP contribution >= 0.6 is 15.0 Å². The first-order valence-electron chi connectivity index (χ1n) is 13.3. The fourth-order valence-electron chi connectivity index (χ4n) is 5.85. The van der Waals surface area contributed by atoms with Crippen molar-refractivity contribution in [3.05, 3.63) is 54.6 Å². The number of amides is 1. The third-order valence-electron chi connectivity index (χ3n) is 8.06. The number of rotatable bonds is 3. The molecule has 2 saturated heterocycles. The van der Waals surface area contributed by atoms with Crippen molar-refractivity contribution in [3.8, 4) is 0 Å². The van der Waals surface area contributed by atoms with Gasteiger partial charge in [-0.1, -0.05) is 0 Å². The van der Waals surface area contributed by atoms with Gasteiger partial charge in [-0.2, -0.15) is 0 Å². The summed E-state index contributed by atoms with van der Waals surface area (Å²) in [6.45, 7) is -4.35. The first-order chi connectivity index (χ1) is 20.7. The Morgan fingerprint density at radius 2 is 1.98 bits per heavy atom. The van der Waals surface area contributed by atoms with Gasteiger partial charge in [-0.15, -0.1) is 9.05 Å². The van der Waals surface area contributed by atoms with Crippen molar-refractivity contribution < 1.29 is 41.5 Å². The maximum atomic E-state index is 16.1. The molecule has 4 aromatic rings. The molecule has 7 rings (SSSR count). The molecular weight excluding hydrogens is 627 g/mol. The van der Waals surface area contributed by atoms with Crippen LogP contribution in [0.25, 0.3) is 16.8 Å². The van der Waals surface area contributed by atoms with Gasteiger partial charge in [-0.05, 0) is 53.7 Å². The monoisotopic (exact) mass is 652 g/mol. The highest BCUT2D eigenvalue weighted by Crippen LogP contribution is 2.54. The van der Waals surface area contributed by atoms with E-state index in [0.717, 1.165) is 5.56 Å². The molecule has 0 spiro atoms. The minimum absolute atomic E-state index is 0.0152. The predicted octanol–water partition coefficient (Wildman–Crippen LogP) is 2.55. The molecule has 9 atom stereocenters. The second kappa shape index (κ2) is 11.3. The van der Waals surface area contributed by atoms with Crippen LogP contribution in [0, 0.1) is 11.8 Å². The Morgan fingerprint density at radius 1 is 1.14 bits per heavy atom. The van der Waals surface area contributed by atoms with Crippen LogP contribution in [0.4, 0.5) is 4.39 Å².